The Balaban J connectivity index is 3.42. The van der Waals surface area contributed by atoms with Crippen LogP contribution in [0.3, 0.4) is 0 Å². The highest BCUT2D eigenvalue weighted by molar-refractivity contribution is 9.10. The topological polar surface area (TPSA) is 57.1 Å². The zero-order chi connectivity index (χ0) is 16.9. The maximum Gasteiger partial charge on any atom is 0.382 e. The Labute approximate surface area is 135 Å². The molecule has 0 bridgehead atoms. The number of rotatable bonds is 6. The summed E-state index contributed by atoms with van der Waals surface area (Å²) in [5.41, 5.74) is 0.370. The number of carbonyl (C=O) groups is 1. The summed E-state index contributed by atoms with van der Waals surface area (Å²) in [5, 5.41) is 3.74. The van der Waals surface area contributed by atoms with Gasteiger partial charge in [0, 0.05) is 10.0 Å². The average Bonchev–Trinajstić information content (AvgIpc) is 2.47. The summed E-state index contributed by atoms with van der Waals surface area (Å²) in [5.74, 6) is -5.61. The number of nitrogens with zero attached hydrogens (tertiary/aromatic N) is 1. The van der Waals surface area contributed by atoms with Gasteiger partial charge in [-0.25, -0.2) is 4.79 Å². The minimum absolute atomic E-state index is 0.143. The van der Waals surface area contributed by atoms with Crippen molar-refractivity contribution in [3.63, 3.8) is 0 Å². The maximum atomic E-state index is 14.2. The fourth-order valence-corrected chi connectivity index (χ4v) is 2.39. The van der Waals surface area contributed by atoms with Gasteiger partial charge in [0.15, 0.2) is 0 Å². The van der Waals surface area contributed by atoms with Gasteiger partial charge in [0.25, 0.3) is 0 Å². The van der Waals surface area contributed by atoms with E-state index in [9.17, 15) is 13.6 Å². The average molecular weight is 380 g/mol. The highest BCUT2D eigenvalue weighted by Crippen LogP contribution is 2.39. The second-order valence-electron chi connectivity index (χ2n) is 4.19. The van der Waals surface area contributed by atoms with Crippen LogP contribution in [0.15, 0.2) is 21.8 Å². The van der Waals surface area contributed by atoms with Crippen molar-refractivity contribution >= 4 is 27.6 Å². The second-order valence-corrected chi connectivity index (χ2v) is 5.04. The number of benzene rings is 1. The fourth-order valence-electron chi connectivity index (χ4n) is 1.76. The Kier molecular flexibility index (Phi) is 6.28. The summed E-state index contributed by atoms with van der Waals surface area (Å²) < 4.78 is 38.1. The van der Waals surface area contributed by atoms with Crippen molar-refractivity contribution in [3.8, 4) is 5.75 Å². The van der Waals surface area contributed by atoms with Crippen molar-refractivity contribution in [2.24, 2.45) is 5.16 Å². The van der Waals surface area contributed by atoms with Gasteiger partial charge in [-0.3, -0.25) is 0 Å². The van der Waals surface area contributed by atoms with Crippen molar-refractivity contribution in [1.82, 2.24) is 0 Å². The first-order chi connectivity index (χ1) is 10.3. The van der Waals surface area contributed by atoms with E-state index in [2.05, 4.69) is 30.7 Å². The third-order valence-electron chi connectivity index (χ3n) is 2.78. The molecule has 0 saturated carbocycles. The van der Waals surface area contributed by atoms with Crippen LogP contribution in [-0.4, -0.2) is 32.5 Å². The van der Waals surface area contributed by atoms with Gasteiger partial charge in [-0.15, -0.1) is 0 Å². The quantitative estimate of drug-likeness (QED) is 0.431. The molecule has 8 heteroatoms. The summed E-state index contributed by atoms with van der Waals surface area (Å²) in [6.07, 6.45) is 0. The molecule has 22 heavy (non-hydrogen) atoms. The lowest BCUT2D eigenvalue weighted by molar-refractivity contribution is -0.173. The van der Waals surface area contributed by atoms with Crippen LogP contribution in [0, 0.1) is 0 Å². The van der Waals surface area contributed by atoms with Gasteiger partial charge >= 0.3 is 11.9 Å². The van der Waals surface area contributed by atoms with Crippen LogP contribution < -0.4 is 4.74 Å². The first-order valence-corrected chi connectivity index (χ1v) is 7.10. The lowest BCUT2D eigenvalue weighted by Crippen LogP contribution is -2.29. The van der Waals surface area contributed by atoms with E-state index in [1.54, 1.807) is 6.92 Å². The molecular formula is C14H16BrF2NO4. The number of hydrogen-bond acceptors (Lipinski definition) is 5. The van der Waals surface area contributed by atoms with Crippen molar-refractivity contribution in [2.75, 3.05) is 20.8 Å². The van der Waals surface area contributed by atoms with E-state index in [0.717, 1.165) is 6.07 Å². The number of alkyl halides is 2. The molecule has 0 unspecified atom stereocenters. The molecule has 0 saturated heterocycles. The van der Waals surface area contributed by atoms with E-state index in [4.69, 9.17) is 4.74 Å². The molecule has 122 valence electrons. The van der Waals surface area contributed by atoms with Gasteiger partial charge in [-0.05, 0) is 26.0 Å². The van der Waals surface area contributed by atoms with Crippen LogP contribution in [-0.2, 0) is 20.3 Å². The monoisotopic (exact) mass is 379 g/mol. The third-order valence-corrected chi connectivity index (χ3v) is 3.43. The van der Waals surface area contributed by atoms with Gasteiger partial charge in [0.2, 0.25) is 0 Å². The Morgan fingerprint density at radius 3 is 2.50 bits per heavy atom. The van der Waals surface area contributed by atoms with Crippen molar-refractivity contribution in [2.45, 2.75) is 19.8 Å². The van der Waals surface area contributed by atoms with Crippen LogP contribution in [0.1, 0.15) is 25.0 Å². The maximum absolute atomic E-state index is 14.2. The highest BCUT2D eigenvalue weighted by atomic mass is 79.9. The van der Waals surface area contributed by atoms with Crippen LogP contribution in [0.5, 0.6) is 5.75 Å². The zero-order valence-corrected chi connectivity index (χ0v) is 14.2. The minimum Gasteiger partial charge on any atom is -0.496 e. The molecule has 1 aromatic carbocycles. The predicted molar refractivity (Wildman–Crippen MR) is 80.4 cm³/mol. The SMILES string of the molecule is CCOC(=O)C(F)(F)c1cc(Br)c(/C(C)=N/OC)cc1OC. The van der Waals surface area contributed by atoms with Crippen LogP contribution in [0.4, 0.5) is 8.78 Å². The standard InChI is InChI=1S/C14H16BrF2NO4/c1-5-22-13(19)14(16,17)10-7-11(15)9(6-12(10)20-3)8(2)18-21-4/h6-7H,5H2,1-4H3/b18-8+. The zero-order valence-electron chi connectivity index (χ0n) is 12.6. The summed E-state index contributed by atoms with van der Waals surface area (Å²) in [7, 11) is 2.61. The molecule has 0 amide bonds. The molecule has 0 N–H and O–H groups in total. The largest absolute Gasteiger partial charge is 0.496 e. The number of hydrogen-bond donors (Lipinski definition) is 0. The second kappa shape index (κ2) is 7.53. The number of methoxy groups -OCH3 is 1. The van der Waals surface area contributed by atoms with Gasteiger partial charge in [-0.2, -0.15) is 8.78 Å². The number of carbonyl (C=O) groups excluding carboxylic acids is 1. The molecule has 0 aromatic heterocycles. The predicted octanol–water partition coefficient (Wildman–Crippen LogP) is 3.48. The van der Waals surface area contributed by atoms with E-state index < -0.39 is 17.5 Å². The highest BCUT2D eigenvalue weighted by Gasteiger charge is 2.45. The Morgan fingerprint density at radius 1 is 1.36 bits per heavy atom. The lowest BCUT2D eigenvalue weighted by Gasteiger charge is -2.19. The molecule has 0 atom stereocenters. The molecule has 1 rings (SSSR count). The molecule has 0 aliphatic rings. The van der Waals surface area contributed by atoms with Gasteiger partial charge < -0.3 is 14.3 Å². The van der Waals surface area contributed by atoms with Crippen molar-refractivity contribution in [3.05, 3.63) is 27.7 Å². The van der Waals surface area contributed by atoms with E-state index in [1.807, 2.05) is 0 Å². The molecule has 0 aliphatic heterocycles. The van der Waals surface area contributed by atoms with E-state index in [0.29, 0.717) is 15.7 Å². The fraction of sp³-hybridized carbons (Fsp3) is 0.429. The molecule has 5 nitrogen and oxygen atoms in total. The Bertz CT molecular complexity index is 590. The Hall–Kier alpha value is -1.70. The van der Waals surface area contributed by atoms with Gasteiger partial charge in [-0.1, -0.05) is 21.1 Å². The van der Waals surface area contributed by atoms with E-state index in [1.165, 1.54) is 27.2 Å². The van der Waals surface area contributed by atoms with E-state index in [-0.39, 0.29) is 12.4 Å². The molecular weight excluding hydrogens is 364 g/mol. The third kappa shape index (κ3) is 3.73. The molecule has 0 spiro atoms. The number of oxime groups is 1. The summed E-state index contributed by atoms with van der Waals surface area (Å²) >= 11 is 3.18. The summed E-state index contributed by atoms with van der Waals surface area (Å²) in [6, 6.07) is 2.46. The number of ether oxygens (including phenoxy) is 2. The molecule has 0 radical (unpaired) electrons. The molecule has 1 aromatic rings. The lowest BCUT2D eigenvalue weighted by atomic mass is 10.0. The van der Waals surface area contributed by atoms with Crippen molar-refractivity contribution in [1.29, 1.82) is 0 Å². The number of esters is 1. The molecule has 0 fully saturated rings. The molecule has 0 heterocycles. The first kappa shape index (κ1) is 18.3. The van der Waals surface area contributed by atoms with Crippen LogP contribution in [0.25, 0.3) is 0 Å². The van der Waals surface area contributed by atoms with Crippen LogP contribution in [0.2, 0.25) is 0 Å². The smallest absolute Gasteiger partial charge is 0.382 e. The van der Waals surface area contributed by atoms with Gasteiger partial charge in [0.05, 0.1) is 25.0 Å². The minimum atomic E-state index is -3.82. The summed E-state index contributed by atoms with van der Waals surface area (Å²) in [4.78, 5) is 16.1. The summed E-state index contributed by atoms with van der Waals surface area (Å²) in [6.45, 7) is 2.95. The van der Waals surface area contributed by atoms with Crippen LogP contribution >= 0.6 is 15.9 Å². The van der Waals surface area contributed by atoms with Gasteiger partial charge in [0.1, 0.15) is 12.9 Å². The number of halogens is 3. The van der Waals surface area contributed by atoms with E-state index >= 15 is 0 Å². The first-order valence-electron chi connectivity index (χ1n) is 6.30. The molecule has 0 aliphatic carbocycles. The van der Waals surface area contributed by atoms with Crippen molar-refractivity contribution < 1.29 is 27.9 Å². The Morgan fingerprint density at radius 2 is 2.00 bits per heavy atom. The normalized spacial score (nSPS) is 12.0.